The second-order valence-corrected chi connectivity index (χ2v) is 5.16. The fourth-order valence-electron chi connectivity index (χ4n) is 2.09. The molecule has 2 aromatic rings. The summed E-state index contributed by atoms with van der Waals surface area (Å²) in [6.07, 6.45) is 2.78. The van der Waals surface area contributed by atoms with Crippen molar-refractivity contribution in [2.75, 3.05) is 13.7 Å². The van der Waals surface area contributed by atoms with Gasteiger partial charge in [-0.05, 0) is 23.8 Å². The van der Waals surface area contributed by atoms with Crippen LogP contribution in [-0.2, 0) is 11.3 Å². The number of carbonyl (C=O) groups excluding carboxylic acids is 2. The van der Waals surface area contributed by atoms with E-state index in [1.54, 1.807) is 6.07 Å². The number of ether oxygens (including phenoxy) is 2. The van der Waals surface area contributed by atoms with Crippen molar-refractivity contribution in [3.8, 4) is 11.5 Å². The largest absolute Gasteiger partial charge is 0.493 e. The Morgan fingerprint density at radius 2 is 2.00 bits per heavy atom. The van der Waals surface area contributed by atoms with Crippen LogP contribution in [0, 0.1) is 0 Å². The van der Waals surface area contributed by atoms with Crippen LogP contribution in [0.3, 0.4) is 0 Å². The lowest BCUT2D eigenvalue weighted by Crippen LogP contribution is -2.30. The van der Waals surface area contributed by atoms with Crippen LogP contribution in [0.4, 0.5) is 8.78 Å². The first-order valence-electron chi connectivity index (χ1n) is 7.68. The van der Waals surface area contributed by atoms with Gasteiger partial charge in [-0.3, -0.25) is 9.59 Å². The summed E-state index contributed by atoms with van der Waals surface area (Å²) >= 11 is 0. The van der Waals surface area contributed by atoms with Gasteiger partial charge in [0.2, 0.25) is 5.91 Å². The van der Waals surface area contributed by atoms with Gasteiger partial charge in [-0.1, -0.05) is 6.07 Å². The van der Waals surface area contributed by atoms with Crippen molar-refractivity contribution >= 4 is 11.8 Å². The summed E-state index contributed by atoms with van der Waals surface area (Å²) in [5.74, 6) is -0.542. The number of hydrogen-bond donors (Lipinski definition) is 2. The summed E-state index contributed by atoms with van der Waals surface area (Å²) in [4.78, 5) is 23.5. The molecule has 140 valence electrons. The van der Waals surface area contributed by atoms with Crippen LogP contribution in [0.15, 0.2) is 41.2 Å². The average molecular weight is 368 g/mol. The highest BCUT2D eigenvalue weighted by Gasteiger charge is 2.12. The van der Waals surface area contributed by atoms with Gasteiger partial charge in [0, 0.05) is 19.5 Å². The zero-order chi connectivity index (χ0) is 18.9. The molecule has 0 spiro atoms. The lowest BCUT2D eigenvalue weighted by atomic mass is 10.2. The third-order valence-electron chi connectivity index (χ3n) is 3.35. The maximum atomic E-state index is 12.3. The number of nitrogens with one attached hydrogen (secondary N) is 2. The van der Waals surface area contributed by atoms with E-state index in [2.05, 4.69) is 15.4 Å². The van der Waals surface area contributed by atoms with Gasteiger partial charge < -0.3 is 24.5 Å². The molecule has 7 nitrogen and oxygen atoms in total. The minimum absolute atomic E-state index is 0.0838. The number of alkyl halides is 2. The van der Waals surface area contributed by atoms with E-state index in [1.165, 1.54) is 37.8 Å². The van der Waals surface area contributed by atoms with E-state index in [4.69, 9.17) is 9.15 Å². The number of halogens is 2. The third-order valence-corrected chi connectivity index (χ3v) is 3.35. The van der Waals surface area contributed by atoms with Crippen molar-refractivity contribution in [1.82, 2.24) is 10.6 Å². The molecule has 0 saturated carbocycles. The Morgan fingerprint density at radius 1 is 1.19 bits per heavy atom. The van der Waals surface area contributed by atoms with Crippen LogP contribution in [0.2, 0.25) is 0 Å². The van der Waals surface area contributed by atoms with Gasteiger partial charge in [-0.15, -0.1) is 0 Å². The number of furan rings is 1. The highest BCUT2D eigenvalue weighted by Crippen LogP contribution is 2.29. The lowest BCUT2D eigenvalue weighted by Gasteiger charge is -2.12. The molecule has 2 amide bonds. The fourth-order valence-corrected chi connectivity index (χ4v) is 2.09. The minimum atomic E-state index is -2.95. The molecule has 0 fully saturated rings. The number of rotatable bonds is 9. The molecule has 0 radical (unpaired) electrons. The molecule has 2 N–H and O–H groups in total. The molecule has 2 rings (SSSR count). The Labute approximate surface area is 148 Å². The number of benzene rings is 1. The number of hydrogen-bond acceptors (Lipinski definition) is 5. The molecule has 1 aromatic heterocycles. The second kappa shape index (κ2) is 9.40. The van der Waals surface area contributed by atoms with E-state index in [1.807, 2.05) is 0 Å². The third kappa shape index (κ3) is 5.76. The lowest BCUT2D eigenvalue weighted by molar-refractivity contribution is -0.121. The van der Waals surface area contributed by atoms with E-state index in [-0.39, 0.29) is 42.8 Å². The maximum Gasteiger partial charge on any atom is 0.387 e. The molecule has 0 saturated heterocycles. The van der Waals surface area contributed by atoms with Crippen molar-refractivity contribution in [3.63, 3.8) is 0 Å². The first-order chi connectivity index (χ1) is 12.5. The summed E-state index contributed by atoms with van der Waals surface area (Å²) in [5.41, 5.74) is 1.03. The molecular weight excluding hydrogens is 350 g/mol. The standard InChI is InChI=1S/C17H18F2N2O5/c1-24-14-8-11(2-3-13(14)26-17(18)19)9-21-15(22)4-6-20-16(23)12-5-7-25-10-12/h2-3,5,7-8,10,17H,4,6,9H2,1H3,(H,20,23)(H,21,22). The summed E-state index contributed by atoms with van der Waals surface area (Å²) < 4.78 is 38.7. The van der Waals surface area contributed by atoms with Crippen molar-refractivity contribution in [1.29, 1.82) is 0 Å². The quantitative estimate of drug-likeness (QED) is 0.709. The first-order valence-corrected chi connectivity index (χ1v) is 7.68. The molecule has 0 unspecified atom stereocenters. The Morgan fingerprint density at radius 3 is 2.65 bits per heavy atom. The highest BCUT2D eigenvalue weighted by atomic mass is 19.3. The van der Waals surface area contributed by atoms with E-state index >= 15 is 0 Å². The predicted molar refractivity (Wildman–Crippen MR) is 87.1 cm³/mol. The molecule has 0 atom stereocenters. The summed E-state index contributed by atoms with van der Waals surface area (Å²) in [7, 11) is 1.33. The van der Waals surface area contributed by atoms with E-state index in [0.717, 1.165) is 0 Å². The van der Waals surface area contributed by atoms with Gasteiger partial charge in [0.15, 0.2) is 11.5 Å². The molecule has 26 heavy (non-hydrogen) atoms. The SMILES string of the molecule is COc1cc(CNC(=O)CCNC(=O)c2ccoc2)ccc1OC(F)F. The molecule has 0 aliphatic carbocycles. The van der Waals surface area contributed by atoms with Crippen LogP contribution in [0.25, 0.3) is 0 Å². The zero-order valence-electron chi connectivity index (χ0n) is 14.0. The molecule has 0 bridgehead atoms. The van der Waals surface area contributed by atoms with Crippen LogP contribution < -0.4 is 20.1 Å². The number of methoxy groups -OCH3 is 1. The Balaban J connectivity index is 1.77. The summed E-state index contributed by atoms with van der Waals surface area (Å²) in [5, 5.41) is 5.26. The highest BCUT2D eigenvalue weighted by molar-refractivity contribution is 5.94. The molecule has 1 aromatic carbocycles. The van der Waals surface area contributed by atoms with E-state index < -0.39 is 6.61 Å². The Kier molecular flexibility index (Phi) is 6.95. The van der Waals surface area contributed by atoms with Gasteiger partial charge in [0.05, 0.1) is 18.9 Å². The number of amides is 2. The number of carbonyl (C=O) groups is 2. The molecule has 1 heterocycles. The van der Waals surface area contributed by atoms with Gasteiger partial charge in [0.25, 0.3) is 5.91 Å². The smallest absolute Gasteiger partial charge is 0.387 e. The molecule has 0 aliphatic rings. The zero-order valence-corrected chi connectivity index (χ0v) is 14.0. The van der Waals surface area contributed by atoms with Gasteiger partial charge in [-0.2, -0.15) is 8.78 Å². The molecule has 9 heteroatoms. The minimum Gasteiger partial charge on any atom is -0.493 e. The average Bonchev–Trinajstić information content (AvgIpc) is 3.15. The second-order valence-electron chi connectivity index (χ2n) is 5.16. The molecular formula is C17H18F2N2O5. The Bertz CT molecular complexity index is 735. The maximum absolute atomic E-state index is 12.3. The van der Waals surface area contributed by atoms with Crippen molar-refractivity contribution in [3.05, 3.63) is 47.9 Å². The Hall–Kier alpha value is -3.10. The van der Waals surface area contributed by atoms with Crippen LogP contribution in [0.5, 0.6) is 11.5 Å². The topological polar surface area (TPSA) is 89.8 Å². The fraction of sp³-hybridized carbons (Fsp3) is 0.294. The monoisotopic (exact) mass is 368 g/mol. The van der Waals surface area contributed by atoms with Crippen LogP contribution in [-0.4, -0.2) is 32.1 Å². The van der Waals surface area contributed by atoms with Crippen molar-refractivity contribution < 1.29 is 32.3 Å². The predicted octanol–water partition coefficient (Wildman–Crippen LogP) is 2.33. The van der Waals surface area contributed by atoms with Crippen molar-refractivity contribution in [2.24, 2.45) is 0 Å². The van der Waals surface area contributed by atoms with E-state index in [9.17, 15) is 18.4 Å². The van der Waals surface area contributed by atoms with Crippen LogP contribution >= 0.6 is 0 Å². The van der Waals surface area contributed by atoms with Gasteiger partial charge in [0.1, 0.15) is 6.26 Å². The summed E-state index contributed by atoms with van der Waals surface area (Å²) in [6.45, 7) is -2.60. The van der Waals surface area contributed by atoms with Crippen molar-refractivity contribution in [2.45, 2.75) is 19.6 Å². The van der Waals surface area contributed by atoms with Gasteiger partial charge in [-0.25, -0.2) is 0 Å². The first kappa shape index (κ1) is 19.2. The van der Waals surface area contributed by atoms with E-state index in [0.29, 0.717) is 11.1 Å². The normalized spacial score (nSPS) is 10.5. The van der Waals surface area contributed by atoms with Gasteiger partial charge >= 0.3 is 6.61 Å². The summed E-state index contributed by atoms with van der Waals surface area (Å²) in [6, 6.07) is 5.90. The molecule has 0 aliphatic heterocycles. The van der Waals surface area contributed by atoms with Crippen LogP contribution in [0.1, 0.15) is 22.3 Å².